The Labute approximate surface area is 141 Å². The Bertz CT molecular complexity index is 796. The van der Waals surface area contributed by atoms with E-state index in [4.69, 9.17) is 4.74 Å². The number of unbranched alkanes of at least 4 members (excludes halogenated alkanes) is 3. The highest BCUT2D eigenvalue weighted by Gasteiger charge is 2.17. The van der Waals surface area contributed by atoms with Crippen molar-refractivity contribution in [1.29, 1.82) is 0 Å². The quantitative estimate of drug-likeness (QED) is 0.763. The molecule has 2 aromatic rings. The molecule has 0 atom stereocenters. The third-order valence-electron chi connectivity index (χ3n) is 3.96. The summed E-state index contributed by atoms with van der Waals surface area (Å²) in [5.41, 5.74) is 0.807. The molecule has 0 saturated carbocycles. The molecule has 0 aliphatic carbocycles. The molecular formula is C18H24N2O4. The van der Waals surface area contributed by atoms with Gasteiger partial charge in [0.15, 0.2) is 5.75 Å². The number of anilines is 1. The van der Waals surface area contributed by atoms with Crippen LogP contribution in [0.5, 0.6) is 11.5 Å². The first-order chi connectivity index (χ1) is 11.5. The molecule has 1 aromatic heterocycles. The molecule has 2 rings (SSSR count). The van der Waals surface area contributed by atoms with Gasteiger partial charge in [-0.2, -0.15) is 0 Å². The van der Waals surface area contributed by atoms with Crippen LogP contribution in [0.1, 0.15) is 39.5 Å². The smallest absolute Gasteiger partial charge is 0.297 e. The summed E-state index contributed by atoms with van der Waals surface area (Å²) in [5.74, 6) is -0.411. The molecule has 0 bridgehead atoms. The average molecular weight is 332 g/mol. The van der Waals surface area contributed by atoms with Crippen molar-refractivity contribution in [1.82, 2.24) is 4.57 Å². The number of hydrogen-bond acceptors (Lipinski definition) is 4. The molecule has 24 heavy (non-hydrogen) atoms. The fourth-order valence-corrected chi connectivity index (χ4v) is 2.79. The number of methoxy groups -OCH3 is 1. The van der Waals surface area contributed by atoms with Crippen molar-refractivity contribution in [3.05, 3.63) is 28.6 Å². The number of nitrogens with one attached hydrogen (secondary N) is 1. The fraction of sp³-hybridized carbons (Fsp3) is 0.444. The maximum atomic E-state index is 12.6. The maximum Gasteiger partial charge on any atom is 0.297 e. The number of nitrogens with zero attached hydrogens (tertiary/aromatic N) is 1. The Balaban J connectivity index is 2.56. The van der Waals surface area contributed by atoms with Crippen molar-refractivity contribution in [2.24, 2.45) is 0 Å². The number of carbonyl (C=O) groups is 1. The average Bonchev–Trinajstić information content (AvgIpc) is 2.54. The Hall–Kier alpha value is -2.50. The van der Waals surface area contributed by atoms with Crippen LogP contribution in [0.4, 0.5) is 5.69 Å². The Morgan fingerprint density at radius 2 is 2.04 bits per heavy atom. The van der Waals surface area contributed by atoms with Gasteiger partial charge in [-0.15, -0.1) is 0 Å². The molecule has 0 radical (unpaired) electrons. The number of aryl methyl sites for hydroxylation is 1. The van der Waals surface area contributed by atoms with E-state index in [-0.39, 0.29) is 23.0 Å². The van der Waals surface area contributed by atoms with E-state index < -0.39 is 0 Å². The first-order valence-electron chi connectivity index (χ1n) is 8.20. The summed E-state index contributed by atoms with van der Waals surface area (Å²) in [7, 11) is 1.37. The van der Waals surface area contributed by atoms with Gasteiger partial charge >= 0.3 is 0 Å². The zero-order chi connectivity index (χ0) is 17.7. The van der Waals surface area contributed by atoms with Gasteiger partial charge in [0.05, 0.1) is 12.6 Å². The topological polar surface area (TPSA) is 80.6 Å². The van der Waals surface area contributed by atoms with E-state index in [0.717, 1.165) is 25.7 Å². The molecule has 0 aliphatic rings. The molecule has 2 N–H and O–H groups in total. The normalized spacial score (nSPS) is 10.8. The SMILES string of the molecule is CCCCCCn1c(=O)c(OC)c(O)c2ccc(NC(C)=O)cc21. The summed E-state index contributed by atoms with van der Waals surface area (Å²) in [5, 5.41) is 13.5. The Kier molecular flexibility index (Phi) is 5.84. The van der Waals surface area contributed by atoms with E-state index in [0.29, 0.717) is 23.1 Å². The second-order valence-corrected chi connectivity index (χ2v) is 5.81. The predicted molar refractivity (Wildman–Crippen MR) is 94.9 cm³/mol. The van der Waals surface area contributed by atoms with Gasteiger partial charge < -0.3 is 19.7 Å². The number of aromatic hydroxyl groups is 1. The summed E-state index contributed by atoms with van der Waals surface area (Å²) in [6.07, 6.45) is 4.11. The lowest BCUT2D eigenvalue weighted by Gasteiger charge is -2.15. The summed E-state index contributed by atoms with van der Waals surface area (Å²) in [4.78, 5) is 23.9. The molecule has 6 nitrogen and oxygen atoms in total. The summed E-state index contributed by atoms with van der Waals surface area (Å²) in [6, 6.07) is 5.08. The standard InChI is InChI=1S/C18H24N2O4/c1-4-5-6-7-10-20-15-11-13(19-12(2)21)8-9-14(15)16(22)17(24-3)18(20)23/h8-9,11,22H,4-7,10H2,1-3H3,(H,19,21). The third-order valence-corrected chi connectivity index (χ3v) is 3.96. The molecule has 0 aliphatic heterocycles. The van der Waals surface area contributed by atoms with Gasteiger partial charge in [-0.1, -0.05) is 26.2 Å². The van der Waals surface area contributed by atoms with Crippen molar-refractivity contribution in [3.63, 3.8) is 0 Å². The van der Waals surface area contributed by atoms with Crippen LogP contribution in [0.2, 0.25) is 0 Å². The Morgan fingerprint density at radius 3 is 2.67 bits per heavy atom. The molecule has 0 fully saturated rings. The highest BCUT2D eigenvalue weighted by atomic mass is 16.5. The summed E-state index contributed by atoms with van der Waals surface area (Å²) < 4.78 is 6.70. The summed E-state index contributed by atoms with van der Waals surface area (Å²) in [6.45, 7) is 4.09. The monoisotopic (exact) mass is 332 g/mol. The van der Waals surface area contributed by atoms with Crippen LogP contribution >= 0.6 is 0 Å². The van der Waals surface area contributed by atoms with Crippen molar-refractivity contribution < 1.29 is 14.6 Å². The van der Waals surface area contributed by atoms with Crippen LogP contribution in [-0.4, -0.2) is 22.7 Å². The van der Waals surface area contributed by atoms with Crippen LogP contribution in [0.25, 0.3) is 10.9 Å². The van der Waals surface area contributed by atoms with Crippen LogP contribution in [0.15, 0.2) is 23.0 Å². The molecule has 0 saturated heterocycles. The molecule has 0 unspecified atom stereocenters. The largest absolute Gasteiger partial charge is 0.504 e. The molecule has 130 valence electrons. The molecule has 0 spiro atoms. The van der Waals surface area contributed by atoms with E-state index in [2.05, 4.69) is 12.2 Å². The third kappa shape index (κ3) is 3.69. The number of hydrogen-bond donors (Lipinski definition) is 2. The first-order valence-corrected chi connectivity index (χ1v) is 8.20. The number of rotatable bonds is 7. The van der Waals surface area contributed by atoms with Crippen molar-refractivity contribution >= 4 is 22.5 Å². The lowest BCUT2D eigenvalue weighted by Crippen LogP contribution is -2.22. The number of fused-ring (bicyclic) bond motifs is 1. The number of pyridine rings is 1. The minimum atomic E-state index is -0.362. The van der Waals surface area contributed by atoms with Gasteiger partial charge in [0.2, 0.25) is 11.7 Å². The van der Waals surface area contributed by atoms with Crippen LogP contribution in [-0.2, 0) is 11.3 Å². The number of ether oxygens (including phenoxy) is 1. The van der Waals surface area contributed by atoms with Gasteiger partial charge in [0, 0.05) is 24.5 Å². The van der Waals surface area contributed by atoms with Crippen LogP contribution < -0.4 is 15.6 Å². The number of aromatic nitrogens is 1. The predicted octanol–water partition coefficient (Wildman–Crippen LogP) is 3.25. The van der Waals surface area contributed by atoms with E-state index in [1.54, 1.807) is 22.8 Å². The number of amides is 1. The highest BCUT2D eigenvalue weighted by Crippen LogP contribution is 2.32. The number of benzene rings is 1. The van der Waals surface area contributed by atoms with E-state index >= 15 is 0 Å². The zero-order valence-electron chi connectivity index (χ0n) is 14.4. The van der Waals surface area contributed by atoms with E-state index in [9.17, 15) is 14.7 Å². The lowest BCUT2D eigenvalue weighted by atomic mass is 10.1. The molecule has 6 heteroatoms. The second kappa shape index (κ2) is 7.86. The second-order valence-electron chi connectivity index (χ2n) is 5.81. The van der Waals surface area contributed by atoms with E-state index in [1.165, 1.54) is 14.0 Å². The zero-order valence-corrected chi connectivity index (χ0v) is 14.4. The van der Waals surface area contributed by atoms with Crippen LogP contribution in [0, 0.1) is 0 Å². The van der Waals surface area contributed by atoms with Crippen molar-refractivity contribution in [2.75, 3.05) is 12.4 Å². The highest BCUT2D eigenvalue weighted by molar-refractivity contribution is 5.94. The molecule has 1 aromatic carbocycles. The van der Waals surface area contributed by atoms with Gasteiger partial charge in [0.25, 0.3) is 5.56 Å². The molecular weight excluding hydrogens is 308 g/mol. The first kappa shape index (κ1) is 17.8. The maximum absolute atomic E-state index is 12.6. The van der Waals surface area contributed by atoms with Crippen LogP contribution in [0.3, 0.4) is 0 Å². The summed E-state index contributed by atoms with van der Waals surface area (Å²) >= 11 is 0. The molecule has 1 heterocycles. The minimum Gasteiger partial charge on any atom is -0.504 e. The Morgan fingerprint density at radius 1 is 1.29 bits per heavy atom. The van der Waals surface area contributed by atoms with E-state index in [1.807, 2.05) is 0 Å². The van der Waals surface area contributed by atoms with Crippen molar-refractivity contribution in [3.8, 4) is 11.5 Å². The molecule has 1 amide bonds. The number of carbonyl (C=O) groups excluding carboxylic acids is 1. The van der Waals surface area contributed by atoms with Gasteiger partial charge in [-0.05, 0) is 24.6 Å². The minimum absolute atomic E-state index is 0.0507. The lowest BCUT2D eigenvalue weighted by molar-refractivity contribution is -0.114. The van der Waals surface area contributed by atoms with Gasteiger partial charge in [-0.25, -0.2) is 0 Å². The van der Waals surface area contributed by atoms with Gasteiger partial charge in [0.1, 0.15) is 0 Å². The van der Waals surface area contributed by atoms with Crippen molar-refractivity contribution in [2.45, 2.75) is 46.1 Å². The fourth-order valence-electron chi connectivity index (χ4n) is 2.79. The van der Waals surface area contributed by atoms with Gasteiger partial charge in [-0.3, -0.25) is 9.59 Å².